The van der Waals surface area contributed by atoms with Crippen LogP contribution < -0.4 is 5.32 Å². The second-order valence-corrected chi connectivity index (χ2v) is 7.43. The highest BCUT2D eigenvalue weighted by Crippen LogP contribution is 2.19. The molecule has 2 aromatic rings. The molecule has 0 aromatic heterocycles. The van der Waals surface area contributed by atoms with E-state index in [0.717, 1.165) is 31.3 Å². The lowest BCUT2D eigenvalue weighted by Crippen LogP contribution is -2.45. The molecule has 1 saturated heterocycles. The SMILES string of the molecule is C[C@@H]1CN(Cc2ccccc2CNC(=O)c2ccc(F)cc2Cl)C[C@@H](C)O1. The van der Waals surface area contributed by atoms with Gasteiger partial charge < -0.3 is 10.1 Å². The van der Waals surface area contributed by atoms with Gasteiger partial charge in [0, 0.05) is 26.2 Å². The molecular weight excluding hydrogens is 367 g/mol. The molecule has 2 atom stereocenters. The minimum atomic E-state index is -0.462. The van der Waals surface area contributed by atoms with Crippen LogP contribution in [0.15, 0.2) is 42.5 Å². The van der Waals surface area contributed by atoms with Crippen molar-refractivity contribution in [3.8, 4) is 0 Å². The molecule has 144 valence electrons. The molecule has 0 aliphatic carbocycles. The third-order valence-corrected chi connectivity index (χ3v) is 4.94. The largest absolute Gasteiger partial charge is 0.373 e. The Labute approximate surface area is 164 Å². The van der Waals surface area contributed by atoms with Crippen LogP contribution in [0.25, 0.3) is 0 Å². The van der Waals surface area contributed by atoms with Crippen molar-refractivity contribution in [2.24, 2.45) is 0 Å². The fourth-order valence-electron chi connectivity index (χ4n) is 3.48. The summed E-state index contributed by atoms with van der Waals surface area (Å²) in [7, 11) is 0. The highest BCUT2D eigenvalue weighted by Gasteiger charge is 2.22. The van der Waals surface area contributed by atoms with Crippen LogP contribution >= 0.6 is 11.6 Å². The summed E-state index contributed by atoms with van der Waals surface area (Å²) in [6.45, 7) is 7.13. The van der Waals surface area contributed by atoms with Gasteiger partial charge in [0.1, 0.15) is 5.82 Å². The number of benzene rings is 2. The molecule has 1 heterocycles. The van der Waals surface area contributed by atoms with E-state index in [2.05, 4.69) is 30.1 Å². The number of hydrogen-bond acceptors (Lipinski definition) is 3. The predicted molar refractivity (Wildman–Crippen MR) is 104 cm³/mol. The van der Waals surface area contributed by atoms with Crippen molar-refractivity contribution in [3.63, 3.8) is 0 Å². The summed E-state index contributed by atoms with van der Waals surface area (Å²) in [5.74, 6) is -0.778. The van der Waals surface area contributed by atoms with Crippen molar-refractivity contribution in [2.75, 3.05) is 13.1 Å². The maximum absolute atomic E-state index is 13.2. The first-order valence-corrected chi connectivity index (χ1v) is 9.48. The van der Waals surface area contributed by atoms with Crippen LogP contribution in [-0.2, 0) is 17.8 Å². The third-order valence-electron chi connectivity index (χ3n) is 4.62. The summed E-state index contributed by atoms with van der Waals surface area (Å²) in [6, 6.07) is 11.8. The first-order chi connectivity index (χ1) is 12.9. The van der Waals surface area contributed by atoms with Crippen molar-refractivity contribution in [1.82, 2.24) is 10.2 Å². The Morgan fingerprint density at radius 1 is 1.19 bits per heavy atom. The highest BCUT2D eigenvalue weighted by atomic mass is 35.5. The molecule has 0 radical (unpaired) electrons. The van der Waals surface area contributed by atoms with Gasteiger partial charge in [0.05, 0.1) is 22.8 Å². The maximum Gasteiger partial charge on any atom is 0.253 e. The number of halogens is 2. The van der Waals surface area contributed by atoms with E-state index < -0.39 is 5.82 Å². The normalized spacial score (nSPS) is 20.4. The lowest BCUT2D eigenvalue weighted by Gasteiger charge is -2.35. The number of amides is 1. The Balaban J connectivity index is 1.66. The van der Waals surface area contributed by atoms with Gasteiger partial charge in [-0.3, -0.25) is 9.69 Å². The van der Waals surface area contributed by atoms with Crippen LogP contribution in [0.4, 0.5) is 4.39 Å². The Bertz CT molecular complexity index is 805. The summed E-state index contributed by atoms with van der Waals surface area (Å²) in [5, 5.41) is 2.99. The van der Waals surface area contributed by atoms with Crippen LogP contribution in [0.2, 0.25) is 5.02 Å². The number of ether oxygens (including phenoxy) is 1. The molecule has 0 unspecified atom stereocenters. The Kier molecular flexibility index (Phi) is 6.47. The molecule has 0 spiro atoms. The van der Waals surface area contributed by atoms with E-state index in [4.69, 9.17) is 16.3 Å². The van der Waals surface area contributed by atoms with Gasteiger partial charge in [-0.05, 0) is 43.2 Å². The topological polar surface area (TPSA) is 41.6 Å². The molecule has 6 heteroatoms. The van der Waals surface area contributed by atoms with Crippen molar-refractivity contribution in [1.29, 1.82) is 0 Å². The molecule has 1 amide bonds. The van der Waals surface area contributed by atoms with Crippen molar-refractivity contribution < 1.29 is 13.9 Å². The lowest BCUT2D eigenvalue weighted by molar-refractivity contribution is -0.0705. The predicted octanol–water partition coefficient (Wildman–Crippen LogP) is 4.02. The molecule has 1 N–H and O–H groups in total. The van der Waals surface area contributed by atoms with Gasteiger partial charge in [0.25, 0.3) is 5.91 Å². The maximum atomic E-state index is 13.2. The van der Waals surface area contributed by atoms with Crippen LogP contribution in [-0.4, -0.2) is 36.1 Å². The summed E-state index contributed by atoms with van der Waals surface area (Å²) in [4.78, 5) is 14.8. The molecule has 2 aromatic carbocycles. The second-order valence-electron chi connectivity index (χ2n) is 7.03. The number of carbonyl (C=O) groups is 1. The fraction of sp³-hybridized carbons (Fsp3) is 0.381. The standard InChI is InChI=1S/C21H24ClFN2O2/c1-14-11-25(12-15(2)27-14)13-17-6-4-3-5-16(17)10-24-21(26)19-8-7-18(23)9-20(19)22/h3-9,14-15H,10-13H2,1-2H3,(H,24,26)/t14-,15-/m1/s1. The van der Waals surface area contributed by atoms with Gasteiger partial charge in [-0.1, -0.05) is 35.9 Å². The average Bonchev–Trinajstić information content (AvgIpc) is 2.60. The van der Waals surface area contributed by atoms with E-state index >= 15 is 0 Å². The van der Waals surface area contributed by atoms with Crippen molar-refractivity contribution in [2.45, 2.75) is 39.1 Å². The fourth-order valence-corrected chi connectivity index (χ4v) is 3.74. The monoisotopic (exact) mass is 390 g/mol. The number of nitrogens with one attached hydrogen (secondary N) is 1. The first kappa shape index (κ1) is 19.8. The minimum Gasteiger partial charge on any atom is -0.373 e. The highest BCUT2D eigenvalue weighted by molar-refractivity contribution is 6.33. The number of carbonyl (C=O) groups excluding carboxylic acids is 1. The molecule has 3 rings (SSSR count). The number of morpholine rings is 1. The van der Waals surface area contributed by atoms with E-state index in [-0.39, 0.29) is 28.7 Å². The summed E-state index contributed by atoms with van der Waals surface area (Å²) >= 11 is 5.97. The van der Waals surface area contributed by atoms with Crippen LogP contribution in [0.1, 0.15) is 35.3 Å². The smallest absolute Gasteiger partial charge is 0.253 e. The number of rotatable bonds is 5. The van der Waals surface area contributed by atoms with Gasteiger partial charge >= 0.3 is 0 Å². The zero-order valence-electron chi connectivity index (χ0n) is 15.5. The van der Waals surface area contributed by atoms with E-state index in [1.54, 1.807) is 0 Å². The molecule has 0 bridgehead atoms. The van der Waals surface area contributed by atoms with Crippen LogP contribution in [0.5, 0.6) is 0 Å². The lowest BCUT2D eigenvalue weighted by atomic mass is 10.1. The summed E-state index contributed by atoms with van der Waals surface area (Å²) in [5.41, 5.74) is 2.49. The molecule has 1 aliphatic rings. The van der Waals surface area contributed by atoms with E-state index in [9.17, 15) is 9.18 Å². The third kappa shape index (κ3) is 5.28. The quantitative estimate of drug-likeness (QED) is 0.838. The first-order valence-electron chi connectivity index (χ1n) is 9.10. The van der Waals surface area contributed by atoms with E-state index in [0.29, 0.717) is 6.54 Å². The zero-order chi connectivity index (χ0) is 19.4. The van der Waals surface area contributed by atoms with Gasteiger partial charge in [-0.25, -0.2) is 4.39 Å². The number of nitrogens with zero attached hydrogens (tertiary/aromatic N) is 1. The van der Waals surface area contributed by atoms with Crippen LogP contribution in [0.3, 0.4) is 0 Å². The minimum absolute atomic E-state index is 0.108. The van der Waals surface area contributed by atoms with Gasteiger partial charge in [-0.2, -0.15) is 0 Å². The van der Waals surface area contributed by atoms with Gasteiger partial charge in [0.2, 0.25) is 0 Å². The van der Waals surface area contributed by atoms with Gasteiger partial charge in [0.15, 0.2) is 0 Å². The zero-order valence-corrected chi connectivity index (χ0v) is 16.3. The Morgan fingerprint density at radius 3 is 2.52 bits per heavy atom. The van der Waals surface area contributed by atoms with Crippen molar-refractivity contribution >= 4 is 17.5 Å². The van der Waals surface area contributed by atoms with Gasteiger partial charge in [-0.15, -0.1) is 0 Å². The van der Waals surface area contributed by atoms with E-state index in [1.807, 2.05) is 18.2 Å². The second kappa shape index (κ2) is 8.83. The van der Waals surface area contributed by atoms with E-state index in [1.165, 1.54) is 17.7 Å². The van der Waals surface area contributed by atoms with Crippen LogP contribution in [0, 0.1) is 5.82 Å². The Hall–Kier alpha value is -1.95. The molecular formula is C21H24ClFN2O2. The summed E-state index contributed by atoms with van der Waals surface area (Å²) < 4.78 is 19.0. The summed E-state index contributed by atoms with van der Waals surface area (Å²) in [6.07, 6.45) is 0.419. The van der Waals surface area contributed by atoms with Crippen molar-refractivity contribution in [3.05, 3.63) is 70.0 Å². The molecule has 4 nitrogen and oxygen atoms in total. The average molecular weight is 391 g/mol. The molecule has 27 heavy (non-hydrogen) atoms. The molecule has 1 fully saturated rings. The number of hydrogen-bond donors (Lipinski definition) is 1. The molecule has 0 saturated carbocycles. The molecule has 1 aliphatic heterocycles. The Morgan fingerprint density at radius 2 is 1.85 bits per heavy atom.